The van der Waals surface area contributed by atoms with E-state index in [-0.39, 0.29) is 29.8 Å². The number of piperidine rings is 1. The molecule has 2 aliphatic rings. The van der Waals surface area contributed by atoms with Gasteiger partial charge >= 0.3 is 12.0 Å². The molecule has 9 nitrogen and oxygen atoms in total. The molecule has 0 radical (unpaired) electrons. The van der Waals surface area contributed by atoms with E-state index in [0.717, 1.165) is 12.0 Å². The van der Waals surface area contributed by atoms with E-state index in [1.165, 1.54) is 12.1 Å². The van der Waals surface area contributed by atoms with E-state index in [0.29, 0.717) is 32.5 Å². The second-order valence-electron chi connectivity index (χ2n) is 7.25. The maximum absolute atomic E-state index is 12.5. The van der Waals surface area contributed by atoms with Crippen LogP contribution in [-0.2, 0) is 11.2 Å². The molecule has 0 saturated carbocycles. The van der Waals surface area contributed by atoms with Gasteiger partial charge in [0.05, 0.1) is 12.1 Å². The van der Waals surface area contributed by atoms with Crippen molar-refractivity contribution >= 4 is 17.9 Å². The molecule has 2 fully saturated rings. The van der Waals surface area contributed by atoms with Crippen molar-refractivity contribution in [3.8, 4) is 0 Å². The van der Waals surface area contributed by atoms with Gasteiger partial charge in [-0.1, -0.05) is 30.3 Å². The van der Waals surface area contributed by atoms with Gasteiger partial charge in [-0.15, -0.1) is 0 Å². The number of carbonyl (C=O) groups is 2. The third kappa shape index (κ3) is 3.94. The van der Waals surface area contributed by atoms with Crippen molar-refractivity contribution in [2.24, 2.45) is 0 Å². The molecule has 3 heterocycles. The van der Waals surface area contributed by atoms with Gasteiger partial charge in [-0.2, -0.15) is 0 Å². The third-order valence-corrected chi connectivity index (χ3v) is 5.45. The number of hydrogen-bond acceptors (Lipinski definition) is 6. The van der Waals surface area contributed by atoms with Crippen molar-refractivity contribution in [1.29, 1.82) is 0 Å². The number of nitrogens with zero attached hydrogens (tertiary/aromatic N) is 3. The van der Waals surface area contributed by atoms with Gasteiger partial charge in [0.2, 0.25) is 0 Å². The van der Waals surface area contributed by atoms with Crippen molar-refractivity contribution in [2.75, 3.05) is 19.7 Å². The van der Waals surface area contributed by atoms with Crippen molar-refractivity contribution in [2.45, 2.75) is 31.3 Å². The van der Waals surface area contributed by atoms with Crippen molar-refractivity contribution < 1.29 is 23.7 Å². The first-order valence-electron chi connectivity index (χ1n) is 9.55. The number of benzene rings is 1. The van der Waals surface area contributed by atoms with E-state index in [4.69, 9.17) is 9.15 Å². The van der Waals surface area contributed by atoms with Gasteiger partial charge in [0.25, 0.3) is 5.91 Å². The first-order valence-corrected chi connectivity index (χ1v) is 9.55. The molecule has 152 valence electrons. The number of carbonyl (C=O) groups excluding carboxylic acids is 2. The average Bonchev–Trinajstić information content (AvgIpc) is 3.36. The van der Waals surface area contributed by atoms with Gasteiger partial charge in [-0.05, 0) is 30.9 Å². The Kier molecular flexibility index (Phi) is 5.20. The Morgan fingerprint density at radius 1 is 1.14 bits per heavy atom. The second kappa shape index (κ2) is 7.94. The Hall–Kier alpha value is -3.36. The molecule has 0 N–H and O–H groups in total. The van der Waals surface area contributed by atoms with E-state index in [1.54, 1.807) is 4.90 Å². The van der Waals surface area contributed by atoms with Crippen LogP contribution in [-0.4, -0.2) is 58.5 Å². The van der Waals surface area contributed by atoms with Crippen LogP contribution in [0.2, 0.25) is 0 Å². The summed E-state index contributed by atoms with van der Waals surface area (Å²) in [6, 6.07) is 12.4. The van der Waals surface area contributed by atoms with E-state index in [9.17, 15) is 19.7 Å². The lowest BCUT2D eigenvalue weighted by atomic mass is 9.99. The second-order valence-corrected chi connectivity index (χ2v) is 7.25. The molecular weight excluding hydrogens is 378 g/mol. The van der Waals surface area contributed by atoms with Gasteiger partial charge in [0.1, 0.15) is 11.5 Å². The Labute approximate surface area is 167 Å². The Morgan fingerprint density at radius 2 is 1.86 bits per heavy atom. The summed E-state index contributed by atoms with van der Waals surface area (Å²) in [6.07, 6.45) is 1.66. The summed E-state index contributed by atoms with van der Waals surface area (Å²) in [5.74, 6) is -0.870. The Bertz CT molecular complexity index is 904. The summed E-state index contributed by atoms with van der Waals surface area (Å²) in [5.41, 5.74) is 1.15. The highest BCUT2D eigenvalue weighted by Crippen LogP contribution is 2.27. The van der Waals surface area contributed by atoms with Crippen LogP contribution < -0.4 is 0 Å². The van der Waals surface area contributed by atoms with Gasteiger partial charge in [0.15, 0.2) is 5.76 Å². The summed E-state index contributed by atoms with van der Waals surface area (Å²) in [6.45, 7) is 1.25. The number of ether oxygens (including phenoxy) is 1. The highest BCUT2D eigenvalue weighted by Gasteiger charge is 2.40. The lowest BCUT2D eigenvalue weighted by molar-refractivity contribution is -0.402. The minimum absolute atomic E-state index is 0.00583. The van der Waals surface area contributed by atoms with E-state index >= 15 is 0 Å². The Morgan fingerprint density at radius 3 is 2.52 bits per heavy atom. The molecule has 1 aromatic heterocycles. The molecule has 1 atom stereocenters. The van der Waals surface area contributed by atoms with E-state index in [2.05, 4.69) is 0 Å². The number of nitro groups is 1. The molecule has 2 aliphatic heterocycles. The number of hydrogen-bond donors (Lipinski definition) is 0. The molecule has 4 rings (SSSR count). The zero-order chi connectivity index (χ0) is 20.4. The summed E-state index contributed by atoms with van der Waals surface area (Å²) in [4.78, 5) is 38.3. The monoisotopic (exact) mass is 399 g/mol. The van der Waals surface area contributed by atoms with Crippen LogP contribution in [0, 0.1) is 10.1 Å². The minimum atomic E-state index is -0.672. The normalized spacial score (nSPS) is 20.0. The number of rotatable bonds is 5. The number of likely N-dealkylation sites (tertiary alicyclic amines) is 1. The lowest BCUT2D eigenvalue weighted by Gasteiger charge is -2.37. The number of amides is 2. The quantitative estimate of drug-likeness (QED) is 0.565. The average molecular weight is 399 g/mol. The van der Waals surface area contributed by atoms with E-state index < -0.39 is 10.8 Å². The Balaban J connectivity index is 1.38. The minimum Gasteiger partial charge on any atom is -0.447 e. The van der Waals surface area contributed by atoms with Crippen molar-refractivity contribution in [1.82, 2.24) is 9.80 Å². The lowest BCUT2D eigenvalue weighted by Crippen LogP contribution is -2.50. The molecule has 0 bridgehead atoms. The fraction of sp³-hybridized carbons (Fsp3) is 0.400. The number of cyclic esters (lactones) is 1. The predicted octanol–water partition coefficient (Wildman–Crippen LogP) is 2.86. The summed E-state index contributed by atoms with van der Waals surface area (Å²) in [7, 11) is 0. The van der Waals surface area contributed by atoms with Crippen LogP contribution in [0.1, 0.15) is 29.0 Å². The SMILES string of the molecule is O=C(c1ccc([N+](=O)[O-])o1)N1CCC(N2C(=O)OC[C@H]2Cc2ccccc2)CC1. The molecule has 1 aromatic carbocycles. The van der Waals surface area contributed by atoms with Gasteiger partial charge in [-0.25, -0.2) is 4.79 Å². The summed E-state index contributed by atoms with van der Waals surface area (Å²) >= 11 is 0. The maximum Gasteiger partial charge on any atom is 0.433 e. The highest BCUT2D eigenvalue weighted by molar-refractivity contribution is 5.91. The largest absolute Gasteiger partial charge is 0.447 e. The molecule has 2 saturated heterocycles. The number of furan rings is 1. The van der Waals surface area contributed by atoms with E-state index in [1.807, 2.05) is 35.2 Å². The van der Waals surface area contributed by atoms with Crippen LogP contribution >= 0.6 is 0 Å². The van der Waals surface area contributed by atoms with Gasteiger partial charge in [-0.3, -0.25) is 19.8 Å². The first kappa shape index (κ1) is 19.0. The molecule has 2 amide bonds. The zero-order valence-electron chi connectivity index (χ0n) is 15.7. The maximum atomic E-state index is 12.5. The van der Waals surface area contributed by atoms with Crippen LogP contribution in [0.4, 0.5) is 10.7 Å². The molecule has 2 aromatic rings. The van der Waals surface area contributed by atoms with Crippen LogP contribution in [0.3, 0.4) is 0 Å². The molecule has 0 spiro atoms. The molecule has 9 heteroatoms. The van der Waals surface area contributed by atoms with Gasteiger partial charge in [0, 0.05) is 19.1 Å². The molecule has 29 heavy (non-hydrogen) atoms. The molecular formula is C20H21N3O6. The standard InChI is InChI=1S/C20H21N3O6/c24-19(17-6-7-18(29-17)23(26)27)21-10-8-15(9-11-21)22-16(13-28-20(22)25)12-14-4-2-1-3-5-14/h1-7,15-16H,8-13H2/t16-/m1/s1. The first-order chi connectivity index (χ1) is 14.0. The van der Waals surface area contributed by atoms with Crippen molar-refractivity contribution in [3.63, 3.8) is 0 Å². The third-order valence-electron chi connectivity index (χ3n) is 5.45. The molecule has 0 aliphatic carbocycles. The van der Waals surface area contributed by atoms with Crippen molar-refractivity contribution in [3.05, 3.63) is 63.9 Å². The predicted molar refractivity (Wildman–Crippen MR) is 101 cm³/mol. The summed E-state index contributed by atoms with van der Waals surface area (Å²) < 4.78 is 10.3. The van der Waals surface area contributed by atoms with Crippen LogP contribution in [0.5, 0.6) is 0 Å². The molecule has 0 unspecified atom stereocenters. The fourth-order valence-corrected chi connectivity index (χ4v) is 4.01. The summed E-state index contributed by atoms with van der Waals surface area (Å²) in [5, 5.41) is 10.7. The highest BCUT2D eigenvalue weighted by atomic mass is 16.6. The van der Waals surface area contributed by atoms with Gasteiger partial charge < -0.3 is 14.1 Å². The van der Waals surface area contributed by atoms with Crippen LogP contribution in [0.25, 0.3) is 0 Å². The zero-order valence-corrected chi connectivity index (χ0v) is 15.7. The topological polar surface area (TPSA) is 106 Å². The van der Waals surface area contributed by atoms with Crippen LogP contribution in [0.15, 0.2) is 46.9 Å². The smallest absolute Gasteiger partial charge is 0.433 e. The fourth-order valence-electron chi connectivity index (χ4n) is 4.01.